The van der Waals surface area contributed by atoms with Crippen molar-refractivity contribution in [3.05, 3.63) is 75.7 Å². The van der Waals surface area contributed by atoms with Crippen LogP contribution in [0, 0.1) is 10.1 Å². The Morgan fingerprint density at radius 1 is 1.19 bits per heavy atom. The van der Waals surface area contributed by atoms with E-state index in [0.29, 0.717) is 35.8 Å². The van der Waals surface area contributed by atoms with Crippen molar-refractivity contribution < 1.29 is 19.2 Å². The summed E-state index contributed by atoms with van der Waals surface area (Å²) < 4.78 is 5.38. The number of carbonyl (C=O) groups excluding carboxylic acids is 2. The number of hydrogen-bond acceptors (Lipinski definition) is 7. The minimum atomic E-state index is -0.620. The van der Waals surface area contributed by atoms with Crippen molar-refractivity contribution in [2.45, 2.75) is 25.5 Å². The smallest absolute Gasteiger partial charge is 0.410 e. The van der Waals surface area contributed by atoms with E-state index in [-0.39, 0.29) is 18.2 Å². The molecule has 32 heavy (non-hydrogen) atoms. The van der Waals surface area contributed by atoms with Gasteiger partial charge in [0.1, 0.15) is 12.6 Å². The largest absolute Gasteiger partial charge is 0.445 e. The molecule has 2 amide bonds. The zero-order valence-corrected chi connectivity index (χ0v) is 17.8. The van der Waals surface area contributed by atoms with Gasteiger partial charge in [0, 0.05) is 29.6 Å². The zero-order chi connectivity index (χ0) is 22.5. The highest BCUT2D eigenvalue weighted by molar-refractivity contribution is 7.14. The number of amides is 2. The van der Waals surface area contributed by atoms with Gasteiger partial charge < -0.3 is 10.1 Å². The number of nitro groups is 1. The number of benzene rings is 2. The van der Waals surface area contributed by atoms with Gasteiger partial charge in [-0.15, -0.1) is 11.3 Å². The first-order chi connectivity index (χ1) is 15.5. The average molecular weight is 452 g/mol. The van der Waals surface area contributed by atoms with Crippen LogP contribution in [-0.2, 0) is 16.1 Å². The fourth-order valence-corrected chi connectivity index (χ4v) is 4.19. The number of nitrogens with zero attached hydrogens (tertiary/aromatic N) is 3. The third-order valence-corrected chi connectivity index (χ3v) is 5.86. The Morgan fingerprint density at radius 3 is 2.66 bits per heavy atom. The summed E-state index contributed by atoms with van der Waals surface area (Å²) in [5, 5.41) is 15.7. The number of ether oxygens (including phenoxy) is 1. The number of hydrogen-bond donors (Lipinski definition) is 1. The molecule has 2 aromatic carbocycles. The van der Waals surface area contributed by atoms with Crippen molar-refractivity contribution in [1.82, 2.24) is 9.88 Å². The highest BCUT2D eigenvalue weighted by atomic mass is 32.1. The lowest BCUT2D eigenvalue weighted by Crippen LogP contribution is -2.43. The van der Waals surface area contributed by atoms with Crippen LogP contribution in [0.15, 0.2) is 60.0 Å². The van der Waals surface area contributed by atoms with Crippen LogP contribution >= 0.6 is 11.3 Å². The van der Waals surface area contributed by atoms with E-state index >= 15 is 0 Å². The van der Waals surface area contributed by atoms with Gasteiger partial charge in [0.2, 0.25) is 5.91 Å². The Hall–Kier alpha value is -3.79. The van der Waals surface area contributed by atoms with Gasteiger partial charge in [-0.2, -0.15) is 0 Å². The predicted molar refractivity (Wildman–Crippen MR) is 119 cm³/mol. The number of thiazole rings is 1. The number of aromatic nitrogens is 1. The second-order valence-corrected chi connectivity index (χ2v) is 8.08. The second-order valence-electron chi connectivity index (χ2n) is 7.22. The van der Waals surface area contributed by atoms with Crippen LogP contribution in [0.1, 0.15) is 18.4 Å². The van der Waals surface area contributed by atoms with Crippen molar-refractivity contribution in [3.8, 4) is 11.3 Å². The number of carbonyl (C=O) groups is 2. The Kier molecular flexibility index (Phi) is 6.41. The fourth-order valence-electron chi connectivity index (χ4n) is 3.47. The number of nitrogens with one attached hydrogen (secondary N) is 1. The minimum absolute atomic E-state index is 0.00187. The molecule has 0 unspecified atom stereocenters. The standard InChI is InChI=1S/C22H20N4O5S/c27-20(19-7-4-12-25(19)22(28)31-13-15-5-2-1-3-6-15)24-21-23-18(14-32-21)16-8-10-17(11-9-16)26(29)30/h1-3,5-6,8-11,14,19H,4,7,12-13H2,(H,23,24,27)/t19-/m0/s1. The van der Waals surface area contributed by atoms with Gasteiger partial charge in [0.15, 0.2) is 5.13 Å². The van der Waals surface area contributed by atoms with Crippen molar-refractivity contribution in [2.24, 2.45) is 0 Å². The molecule has 0 radical (unpaired) electrons. The molecule has 1 saturated heterocycles. The SMILES string of the molecule is O=C(Nc1nc(-c2ccc([N+](=O)[O-])cc2)cs1)[C@@H]1CCCN1C(=O)OCc1ccccc1. The topological polar surface area (TPSA) is 115 Å². The van der Waals surface area contributed by atoms with E-state index < -0.39 is 17.1 Å². The van der Waals surface area contributed by atoms with Gasteiger partial charge in [0.05, 0.1) is 10.6 Å². The molecule has 9 nitrogen and oxygen atoms in total. The molecule has 4 rings (SSSR count). The van der Waals surface area contributed by atoms with Crippen molar-refractivity contribution in [2.75, 3.05) is 11.9 Å². The molecule has 1 aliphatic heterocycles. The maximum Gasteiger partial charge on any atom is 0.410 e. The summed E-state index contributed by atoms with van der Waals surface area (Å²) in [5.41, 5.74) is 2.19. The molecule has 1 aromatic heterocycles. The minimum Gasteiger partial charge on any atom is -0.445 e. The number of anilines is 1. The Bertz CT molecular complexity index is 1120. The summed E-state index contributed by atoms with van der Waals surface area (Å²) in [6.07, 6.45) is 0.745. The number of likely N-dealkylation sites (tertiary alicyclic amines) is 1. The van der Waals surface area contributed by atoms with Gasteiger partial charge in [-0.05, 0) is 30.5 Å². The van der Waals surface area contributed by atoms with Gasteiger partial charge in [0.25, 0.3) is 5.69 Å². The first-order valence-electron chi connectivity index (χ1n) is 10.00. The summed E-state index contributed by atoms with van der Waals surface area (Å²) in [6.45, 7) is 0.604. The molecule has 1 fully saturated rings. The third-order valence-electron chi connectivity index (χ3n) is 5.10. The van der Waals surface area contributed by atoms with Gasteiger partial charge in [-0.3, -0.25) is 19.8 Å². The van der Waals surface area contributed by atoms with Gasteiger partial charge >= 0.3 is 6.09 Å². The molecule has 0 saturated carbocycles. The number of non-ortho nitro benzene ring substituents is 1. The van der Waals surface area contributed by atoms with Crippen LogP contribution in [0.25, 0.3) is 11.3 Å². The maximum atomic E-state index is 12.8. The van der Waals surface area contributed by atoms with Crippen LogP contribution in [0.3, 0.4) is 0 Å². The van der Waals surface area contributed by atoms with E-state index in [1.54, 1.807) is 17.5 Å². The Labute approximate surface area is 187 Å². The number of rotatable bonds is 6. The Morgan fingerprint density at radius 2 is 1.94 bits per heavy atom. The van der Waals surface area contributed by atoms with Crippen molar-refractivity contribution in [3.63, 3.8) is 0 Å². The highest BCUT2D eigenvalue weighted by Gasteiger charge is 2.35. The van der Waals surface area contributed by atoms with Crippen molar-refractivity contribution in [1.29, 1.82) is 0 Å². The molecular weight excluding hydrogens is 432 g/mol. The lowest BCUT2D eigenvalue weighted by atomic mass is 10.1. The van der Waals surface area contributed by atoms with E-state index in [4.69, 9.17) is 4.74 Å². The molecular formula is C22H20N4O5S. The summed E-state index contributed by atoms with van der Waals surface area (Å²) in [6, 6.07) is 14.8. The molecule has 0 spiro atoms. The lowest BCUT2D eigenvalue weighted by Gasteiger charge is -2.22. The third kappa shape index (κ3) is 4.92. The van der Waals surface area contributed by atoms with Gasteiger partial charge in [-0.1, -0.05) is 30.3 Å². The molecule has 164 valence electrons. The van der Waals surface area contributed by atoms with Crippen LogP contribution < -0.4 is 5.32 Å². The van der Waals surface area contributed by atoms with E-state index in [1.165, 1.54) is 28.4 Å². The normalized spacial score (nSPS) is 15.4. The quantitative estimate of drug-likeness (QED) is 0.436. The molecule has 3 aromatic rings. The first kappa shape index (κ1) is 21.4. The first-order valence-corrected chi connectivity index (χ1v) is 10.9. The van der Waals surface area contributed by atoms with E-state index in [9.17, 15) is 19.7 Å². The monoisotopic (exact) mass is 452 g/mol. The molecule has 1 N–H and O–H groups in total. The van der Waals surface area contributed by atoms with Crippen LogP contribution in [0.5, 0.6) is 0 Å². The molecule has 1 atom stereocenters. The highest BCUT2D eigenvalue weighted by Crippen LogP contribution is 2.27. The predicted octanol–water partition coefficient (Wildman–Crippen LogP) is 4.46. The fraction of sp³-hybridized carbons (Fsp3) is 0.227. The summed E-state index contributed by atoms with van der Waals surface area (Å²) >= 11 is 1.25. The molecule has 0 aliphatic carbocycles. The number of nitro benzene ring substituents is 1. The summed E-state index contributed by atoms with van der Waals surface area (Å²) in [5.74, 6) is -0.316. The van der Waals surface area contributed by atoms with Crippen LogP contribution in [0.4, 0.5) is 15.6 Å². The van der Waals surface area contributed by atoms with Crippen molar-refractivity contribution >= 4 is 34.2 Å². The van der Waals surface area contributed by atoms with E-state index in [1.807, 2.05) is 30.3 Å². The van der Waals surface area contributed by atoms with Crippen LogP contribution in [-0.4, -0.2) is 39.4 Å². The average Bonchev–Trinajstić information content (AvgIpc) is 3.48. The van der Waals surface area contributed by atoms with E-state index in [2.05, 4.69) is 10.3 Å². The second kappa shape index (κ2) is 9.56. The molecule has 1 aliphatic rings. The van der Waals surface area contributed by atoms with Gasteiger partial charge in [-0.25, -0.2) is 9.78 Å². The lowest BCUT2D eigenvalue weighted by molar-refractivity contribution is -0.384. The summed E-state index contributed by atoms with van der Waals surface area (Å²) in [4.78, 5) is 41.5. The van der Waals surface area contributed by atoms with Crippen LogP contribution in [0.2, 0.25) is 0 Å². The molecule has 0 bridgehead atoms. The molecule has 10 heteroatoms. The molecule has 2 heterocycles. The maximum absolute atomic E-state index is 12.8. The van der Waals surface area contributed by atoms with E-state index in [0.717, 1.165) is 5.56 Å². The zero-order valence-electron chi connectivity index (χ0n) is 17.0. The Balaban J connectivity index is 1.36. The summed E-state index contributed by atoms with van der Waals surface area (Å²) in [7, 11) is 0.